The molecule has 2 aromatic carbocycles. The zero-order valence-corrected chi connectivity index (χ0v) is 17.4. The Labute approximate surface area is 181 Å². The topological polar surface area (TPSA) is 79.4 Å². The van der Waals surface area contributed by atoms with Crippen LogP contribution in [0.2, 0.25) is 0 Å². The molecule has 1 N–H and O–H groups in total. The SMILES string of the molecule is CN1c2ccc(C(=O)NCc3ccncc3)cc2C(=O)/C(=C\c2cccc(F)c2)S1=O. The first kappa shape index (κ1) is 20.6. The smallest absolute Gasteiger partial charge is 0.251 e. The summed E-state index contributed by atoms with van der Waals surface area (Å²) in [7, 11) is -0.150. The molecule has 8 heteroatoms. The van der Waals surface area contributed by atoms with Gasteiger partial charge in [0.15, 0.2) is 11.0 Å². The minimum atomic E-state index is -1.75. The standard InChI is InChI=1S/C23H18FN3O3S/c1-27-20-6-5-17(23(29)26-14-15-7-9-25-10-8-15)13-19(20)22(28)21(31(27)30)12-16-3-2-4-18(24)11-16/h2-13H,14H2,1H3,(H,26,29)/b21-12+. The van der Waals surface area contributed by atoms with Gasteiger partial charge in [0.1, 0.15) is 10.7 Å². The lowest BCUT2D eigenvalue weighted by Gasteiger charge is -2.27. The van der Waals surface area contributed by atoms with Crippen molar-refractivity contribution < 1.29 is 18.2 Å². The zero-order valence-electron chi connectivity index (χ0n) is 16.5. The minimum Gasteiger partial charge on any atom is -0.348 e. The maximum absolute atomic E-state index is 13.5. The Morgan fingerprint density at radius 1 is 1.16 bits per heavy atom. The summed E-state index contributed by atoms with van der Waals surface area (Å²) < 4.78 is 27.8. The molecule has 3 aromatic rings. The van der Waals surface area contributed by atoms with Crippen molar-refractivity contribution in [1.82, 2.24) is 10.3 Å². The lowest BCUT2D eigenvalue weighted by molar-refractivity contribution is 0.0951. The van der Waals surface area contributed by atoms with Crippen LogP contribution in [-0.4, -0.2) is 27.9 Å². The minimum absolute atomic E-state index is 0.0231. The Kier molecular flexibility index (Phi) is 5.73. The fourth-order valence-corrected chi connectivity index (χ4v) is 4.37. The van der Waals surface area contributed by atoms with E-state index in [9.17, 15) is 18.2 Å². The van der Waals surface area contributed by atoms with E-state index in [0.29, 0.717) is 23.4 Å². The number of nitrogens with zero attached hydrogens (tertiary/aromatic N) is 2. The predicted molar refractivity (Wildman–Crippen MR) is 117 cm³/mol. The van der Waals surface area contributed by atoms with Crippen LogP contribution in [0, 0.1) is 5.82 Å². The molecule has 6 nitrogen and oxygen atoms in total. The van der Waals surface area contributed by atoms with Crippen LogP contribution >= 0.6 is 0 Å². The fraction of sp³-hybridized carbons (Fsp3) is 0.0870. The normalized spacial score (nSPS) is 16.8. The summed E-state index contributed by atoms with van der Waals surface area (Å²) >= 11 is 0. The quantitative estimate of drug-likeness (QED) is 0.637. The maximum atomic E-state index is 13.5. The van der Waals surface area contributed by atoms with Gasteiger partial charge < -0.3 is 5.32 Å². The van der Waals surface area contributed by atoms with Crippen molar-refractivity contribution in [3.8, 4) is 0 Å². The van der Waals surface area contributed by atoms with Crippen molar-refractivity contribution >= 4 is 34.4 Å². The molecule has 156 valence electrons. The summed E-state index contributed by atoms with van der Waals surface area (Å²) in [5.74, 6) is -1.25. The number of nitrogens with one attached hydrogen (secondary N) is 1. The molecular formula is C23H18FN3O3S. The van der Waals surface area contributed by atoms with Crippen LogP contribution in [0.25, 0.3) is 6.08 Å². The highest BCUT2D eigenvalue weighted by Crippen LogP contribution is 2.33. The number of anilines is 1. The van der Waals surface area contributed by atoms with Crippen molar-refractivity contribution in [3.05, 3.63) is 100.0 Å². The third kappa shape index (κ3) is 4.29. The molecule has 0 bridgehead atoms. The Balaban J connectivity index is 1.63. The number of halogens is 1. The highest BCUT2D eigenvalue weighted by Gasteiger charge is 2.32. The number of Topliss-reactive ketones (excluding diaryl/α,β-unsaturated/α-hetero) is 1. The summed E-state index contributed by atoms with van der Waals surface area (Å²) in [6.45, 7) is 0.320. The lowest BCUT2D eigenvalue weighted by Crippen LogP contribution is -2.32. The van der Waals surface area contributed by atoms with Gasteiger partial charge in [0.2, 0.25) is 5.78 Å². The third-order valence-corrected chi connectivity index (χ3v) is 6.23. The van der Waals surface area contributed by atoms with Crippen molar-refractivity contribution in [2.45, 2.75) is 6.54 Å². The number of benzene rings is 2. The Hall–Kier alpha value is -3.65. The summed E-state index contributed by atoms with van der Waals surface area (Å²) in [6, 6.07) is 14.0. The maximum Gasteiger partial charge on any atom is 0.251 e. The van der Waals surface area contributed by atoms with Gasteiger partial charge in [-0.3, -0.25) is 18.9 Å². The molecule has 0 saturated carbocycles. The molecule has 1 aromatic heterocycles. The van der Waals surface area contributed by atoms with Gasteiger partial charge in [-0.1, -0.05) is 12.1 Å². The molecule has 0 radical (unpaired) electrons. The molecule has 1 unspecified atom stereocenters. The Morgan fingerprint density at radius 3 is 2.68 bits per heavy atom. The Morgan fingerprint density at radius 2 is 1.94 bits per heavy atom. The van der Waals surface area contributed by atoms with Crippen LogP contribution in [0.4, 0.5) is 10.1 Å². The number of rotatable bonds is 4. The predicted octanol–water partition coefficient (Wildman–Crippen LogP) is 3.49. The van der Waals surface area contributed by atoms with Gasteiger partial charge in [-0.15, -0.1) is 0 Å². The average Bonchev–Trinajstić information content (AvgIpc) is 2.79. The zero-order chi connectivity index (χ0) is 22.0. The van der Waals surface area contributed by atoms with Gasteiger partial charge in [0.05, 0.1) is 5.69 Å². The molecule has 0 spiro atoms. The molecule has 4 rings (SSSR count). The summed E-state index contributed by atoms with van der Waals surface area (Å²) in [6.07, 6.45) is 4.69. The number of carbonyl (C=O) groups is 2. The van der Waals surface area contributed by atoms with Crippen LogP contribution in [0.1, 0.15) is 31.8 Å². The highest BCUT2D eigenvalue weighted by atomic mass is 32.2. The molecule has 1 amide bonds. The van der Waals surface area contributed by atoms with Crippen molar-refractivity contribution in [2.24, 2.45) is 0 Å². The van der Waals surface area contributed by atoms with E-state index >= 15 is 0 Å². The van der Waals surface area contributed by atoms with Gasteiger partial charge in [0.25, 0.3) is 5.91 Å². The highest BCUT2D eigenvalue weighted by molar-refractivity contribution is 7.91. The number of amides is 1. The number of allylic oxidation sites excluding steroid dienone is 1. The van der Waals surface area contributed by atoms with E-state index in [4.69, 9.17) is 0 Å². The second kappa shape index (κ2) is 8.61. The molecule has 0 aliphatic carbocycles. The van der Waals surface area contributed by atoms with Gasteiger partial charge in [-0.05, 0) is 59.7 Å². The lowest BCUT2D eigenvalue weighted by atomic mass is 10.0. The van der Waals surface area contributed by atoms with E-state index in [1.165, 1.54) is 34.6 Å². The van der Waals surface area contributed by atoms with Crippen LogP contribution in [0.15, 0.2) is 71.9 Å². The molecule has 1 atom stereocenters. The van der Waals surface area contributed by atoms with E-state index in [-0.39, 0.29) is 16.4 Å². The monoisotopic (exact) mass is 435 g/mol. The number of carbonyl (C=O) groups excluding carboxylic acids is 2. The molecule has 0 saturated heterocycles. The van der Waals surface area contributed by atoms with E-state index in [1.54, 1.807) is 49.8 Å². The Bertz CT molecular complexity index is 1230. The van der Waals surface area contributed by atoms with Crippen molar-refractivity contribution in [3.63, 3.8) is 0 Å². The summed E-state index contributed by atoms with van der Waals surface area (Å²) in [4.78, 5) is 29.7. The fourth-order valence-electron chi connectivity index (χ4n) is 3.23. The van der Waals surface area contributed by atoms with Crippen LogP contribution in [0.5, 0.6) is 0 Å². The summed E-state index contributed by atoms with van der Waals surface area (Å²) in [5.41, 5.74) is 2.37. The first-order valence-electron chi connectivity index (χ1n) is 9.43. The van der Waals surface area contributed by atoms with Crippen molar-refractivity contribution in [2.75, 3.05) is 11.4 Å². The number of aromatic nitrogens is 1. The van der Waals surface area contributed by atoms with Crippen LogP contribution in [-0.2, 0) is 17.5 Å². The molecule has 1 aliphatic rings. The van der Waals surface area contributed by atoms with Gasteiger partial charge in [-0.2, -0.15) is 0 Å². The molecule has 0 fully saturated rings. The molecule has 2 heterocycles. The summed E-state index contributed by atoms with van der Waals surface area (Å²) in [5, 5.41) is 2.81. The molecule has 31 heavy (non-hydrogen) atoms. The van der Waals surface area contributed by atoms with Crippen LogP contribution < -0.4 is 9.62 Å². The largest absolute Gasteiger partial charge is 0.348 e. The van der Waals surface area contributed by atoms with Crippen LogP contribution in [0.3, 0.4) is 0 Å². The number of fused-ring (bicyclic) bond motifs is 1. The van der Waals surface area contributed by atoms with E-state index in [1.807, 2.05) is 0 Å². The first-order valence-corrected chi connectivity index (χ1v) is 10.5. The second-order valence-electron chi connectivity index (χ2n) is 6.91. The number of hydrogen-bond donors (Lipinski definition) is 1. The average molecular weight is 435 g/mol. The number of ketones is 1. The van der Waals surface area contributed by atoms with Gasteiger partial charge in [-0.25, -0.2) is 8.60 Å². The van der Waals surface area contributed by atoms with E-state index < -0.39 is 22.6 Å². The van der Waals surface area contributed by atoms with Gasteiger partial charge in [0, 0.05) is 37.1 Å². The van der Waals surface area contributed by atoms with Crippen molar-refractivity contribution in [1.29, 1.82) is 0 Å². The second-order valence-corrected chi connectivity index (χ2v) is 8.40. The molecule has 1 aliphatic heterocycles. The number of pyridine rings is 1. The molecular weight excluding hydrogens is 417 g/mol. The number of hydrogen-bond acceptors (Lipinski definition) is 4. The first-order chi connectivity index (χ1) is 14.9. The van der Waals surface area contributed by atoms with E-state index in [0.717, 1.165) is 5.56 Å². The van der Waals surface area contributed by atoms with Gasteiger partial charge >= 0.3 is 0 Å². The van der Waals surface area contributed by atoms with E-state index in [2.05, 4.69) is 10.3 Å². The third-order valence-electron chi connectivity index (χ3n) is 4.85.